The third kappa shape index (κ3) is 4.74. The van der Waals surface area contributed by atoms with Crippen molar-refractivity contribution in [1.29, 1.82) is 0 Å². The van der Waals surface area contributed by atoms with Crippen molar-refractivity contribution >= 4 is 49.7 Å². The minimum Gasteiger partial charge on any atom is -0.329 e. The van der Waals surface area contributed by atoms with Gasteiger partial charge >= 0.3 is 0 Å². The van der Waals surface area contributed by atoms with Gasteiger partial charge in [-0.3, -0.25) is 0 Å². The van der Waals surface area contributed by atoms with Gasteiger partial charge in [0.15, 0.2) is 5.03 Å². The summed E-state index contributed by atoms with van der Waals surface area (Å²) in [6.07, 6.45) is 0. The van der Waals surface area contributed by atoms with Crippen LogP contribution in [-0.4, -0.2) is 25.5 Å². The first-order chi connectivity index (χ1) is 9.73. The largest absolute Gasteiger partial charge is 0.329 e. The molecule has 5 nitrogen and oxygen atoms in total. The maximum Gasteiger partial charge on any atom is 0.259 e. The molecule has 0 unspecified atom stereocenters. The Labute approximate surface area is 148 Å². The lowest BCUT2D eigenvalue weighted by Gasteiger charge is -2.22. The number of nitrogens with two attached hydrogens (primary N) is 1. The van der Waals surface area contributed by atoms with Crippen molar-refractivity contribution in [2.45, 2.75) is 24.4 Å². The van der Waals surface area contributed by atoms with Crippen molar-refractivity contribution in [2.24, 2.45) is 5.73 Å². The number of thiazole rings is 1. The zero-order chi connectivity index (χ0) is 15.7. The fourth-order valence-electron chi connectivity index (χ4n) is 1.57. The molecule has 122 valence electrons. The lowest BCUT2D eigenvalue weighted by molar-refractivity contribution is 0.461. The van der Waals surface area contributed by atoms with E-state index in [1.807, 2.05) is 24.3 Å². The predicted octanol–water partition coefficient (Wildman–Crippen LogP) is 3.01. The summed E-state index contributed by atoms with van der Waals surface area (Å²) in [5, 5.41) is 2.21. The molecule has 1 aromatic heterocycles. The zero-order valence-electron chi connectivity index (χ0n) is 12.0. The van der Waals surface area contributed by atoms with Crippen LogP contribution in [0.1, 0.15) is 13.8 Å². The maximum atomic E-state index is 12.3. The Bertz CT molecular complexity index is 730. The molecular weight excluding hydrogens is 410 g/mol. The molecule has 0 fully saturated rings. The van der Waals surface area contributed by atoms with E-state index in [0.717, 1.165) is 10.0 Å². The van der Waals surface area contributed by atoms with Crippen LogP contribution in [0.2, 0.25) is 0 Å². The third-order valence-corrected chi connectivity index (χ3v) is 5.92. The second kappa shape index (κ2) is 7.37. The molecular formula is C13H17BrClN3O2S2. The molecule has 0 atom stereocenters. The second-order valence-corrected chi connectivity index (χ2v) is 8.59. The quantitative estimate of drug-likeness (QED) is 0.769. The Hall–Kier alpha value is -0.510. The molecule has 2 rings (SSSR count). The smallest absolute Gasteiger partial charge is 0.259 e. The van der Waals surface area contributed by atoms with Gasteiger partial charge in [0.05, 0.1) is 0 Å². The molecule has 0 aliphatic heterocycles. The lowest BCUT2D eigenvalue weighted by atomic mass is 10.1. The standard InChI is InChI=1S/C13H16BrN3O2S2.ClH/c1-13(2,8-15)17-21(18,19)11-7-20-12(16-11)9-3-5-10(14)6-4-9;/h3-7,17H,8,15H2,1-2H3;1H. The first-order valence-corrected chi connectivity index (χ1v) is 9.35. The third-order valence-electron chi connectivity index (χ3n) is 2.77. The molecule has 1 aromatic carbocycles. The second-order valence-electron chi connectivity index (χ2n) is 5.19. The van der Waals surface area contributed by atoms with Gasteiger partial charge < -0.3 is 5.73 Å². The van der Waals surface area contributed by atoms with E-state index in [1.165, 1.54) is 16.7 Å². The summed E-state index contributed by atoms with van der Waals surface area (Å²) in [6.45, 7) is 3.66. The number of halogens is 2. The van der Waals surface area contributed by atoms with Crippen LogP contribution in [0.5, 0.6) is 0 Å². The van der Waals surface area contributed by atoms with Crippen molar-refractivity contribution in [1.82, 2.24) is 9.71 Å². The van der Waals surface area contributed by atoms with E-state index in [1.54, 1.807) is 13.8 Å². The van der Waals surface area contributed by atoms with Crippen LogP contribution in [0.3, 0.4) is 0 Å². The predicted molar refractivity (Wildman–Crippen MR) is 96.0 cm³/mol. The van der Waals surface area contributed by atoms with Gasteiger partial charge in [-0.1, -0.05) is 28.1 Å². The number of benzene rings is 1. The van der Waals surface area contributed by atoms with Gasteiger partial charge in [-0.2, -0.15) is 0 Å². The molecule has 0 saturated heterocycles. The Morgan fingerprint density at radius 3 is 2.45 bits per heavy atom. The van der Waals surface area contributed by atoms with Crippen LogP contribution in [0.15, 0.2) is 39.1 Å². The van der Waals surface area contributed by atoms with Gasteiger partial charge in [-0.15, -0.1) is 23.7 Å². The van der Waals surface area contributed by atoms with Crippen molar-refractivity contribution < 1.29 is 8.42 Å². The topological polar surface area (TPSA) is 85.1 Å². The molecule has 0 aliphatic carbocycles. The van der Waals surface area contributed by atoms with Crippen LogP contribution < -0.4 is 10.5 Å². The van der Waals surface area contributed by atoms with E-state index in [2.05, 4.69) is 25.6 Å². The van der Waals surface area contributed by atoms with Gasteiger partial charge in [0.25, 0.3) is 10.0 Å². The highest BCUT2D eigenvalue weighted by Gasteiger charge is 2.27. The van der Waals surface area contributed by atoms with Gasteiger partial charge in [0, 0.05) is 27.5 Å². The van der Waals surface area contributed by atoms with Crippen molar-refractivity contribution in [3.63, 3.8) is 0 Å². The van der Waals surface area contributed by atoms with E-state index in [9.17, 15) is 8.42 Å². The lowest BCUT2D eigenvalue weighted by Crippen LogP contribution is -2.48. The minimum atomic E-state index is -3.67. The number of nitrogens with zero attached hydrogens (tertiary/aromatic N) is 1. The van der Waals surface area contributed by atoms with E-state index >= 15 is 0 Å². The van der Waals surface area contributed by atoms with E-state index in [0.29, 0.717) is 5.01 Å². The van der Waals surface area contributed by atoms with Crippen molar-refractivity contribution in [2.75, 3.05) is 6.54 Å². The number of hydrogen-bond donors (Lipinski definition) is 2. The summed E-state index contributed by atoms with van der Waals surface area (Å²) in [5.74, 6) is 0. The van der Waals surface area contributed by atoms with E-state index in [4.69, 9.17) is 5.73 Å². The highest BCUT2D eigenvalue weighted by atomic mass is 79.9. The van der Waals surface area contributed by atoms with Gasteiger partial charge in [0.1, 0.15) is 5.01 Å². The van der Waals surface area contributed by atoms with Crippen LogP contribution in [-0.2, 0) is 10.0 Å². The first kappa shape index (κ1) is 19.5. The number of rotatable bonds is 5. The molecule has 0 spiro atoms. The molecule has 0 aliphatic rings. The number of aromatic nitrogens is 1. The summed E-state index contributed by atoms with van der Waals surface area (Å²) >= 11 is 4.65. The van der Waals surface area contributed by atoms with Gasteiger partial charge in [0.2, 0.25) is 0 Å². The Morgan fingerprint density at radius 2 is 1.91 bits per heavy atom. The van der Waals surface area contributed by atoms with E-state index in [-0.39, 0.29) is 24.0 Å². The normalized spacial score (nSPS) is 12.0. The fraction of sp³-hybridized carbons (Fsp3) is 0.308. The monoisotopic (exact) mass is 425 g/mol. The van der Waals surface area contributed by atoms with E-state index < -0.39 is 15.6 Å². The summed E-state index contributed by atoms with van der Waals surface area (Å²) in [6, 6.07) is 7.55. The summed E-state index contributed by atoms with van der Waals surface area (Å²) in [5.41, 5.74) is 5.72. The van der Waals surface area contributed by atoms with Crippen LogP contribution in [0, 0.1) is 0 Å². The number of hydrogen-bond acceptors (Lipinski definition) is 5. The van der Waals surface area contributed by atoms with Gasteiger partial charge in [-0.25, -0.2) is 18.1 Å². The van der Waals surface area contributed by atoms with Crippen molar-refractivity contribution in [3.05, 3.63) is 34.1 Å². The number of nitrogens with one attached hydrogen (secondary N) is 1. The average Bonchev–Trinajstić information content (AvgIpc) is 2.89. The molecule has 0 radical (unpaired) electrons. The summed E-state index contributed by atoms with van der Waals surface area (Å²) < 4.78 is 28.1. The highest BCUT2D eigenvalue weighted by molar-refractivity contribution is 9.10. The maximum absolute atomic E-state index is 12.3. The van der Waals surface area contributed by atoms with Gasteiger partial charge in [-0.05, 0) is 26.0 Å². The minimum absolute atomic E-state index is 0. The fourth-order valence-corrected chi connectivity index (χ4v) is 4.35. The molecule has 1 heterocycles. The van der Waals surface area contributed by atoms with Crippen LogP contribution in [0.4, 0.5) is 0 Å². The molecule has 9 heteroatoms. The molecule has 3 N–H and O–H groups in total. The van der Waals surface area contributed by atoms with Crippen LogP contribution >= 0.6 is 39.7 Å². The Kier molecular flexibility index (Phi) is 6.55. The number of sulfonamides is 1. The summed E-state index contributed by atoms with van der Waals surface area (Å²) in [7, 11) is -3.67. The first-order valence-electron chi connectivity index (χ1n) is 6.19. The molecule has 0 saturated carbocycles. The van der Waals surface area contributed by atoms with Crippen LogP contribution in [0.25, 0.3) is 10.6 Å². The average molecular weight is 427 g/mol. The molecule has 0 amide bonds. The highest BCUT2D eigenvalue weighted by Crippen LogP contribution is 2.27. The Balaban J connectivity index is 0.00000242. The Morgan fingerprint density at radius 1 is 1.32 bits per heavy atom. The SMILES string of the molecule is CC(C)(CN)NS(=O)(=O)c1csc(-c2ccc(Br)cc2)n1.Cl. The van der Waals surface area contributed by atoms with Crippen molar-refractivity contribution in [3.8, 4) is 10.6 Å². The molecule has 0 bridgehead atoms. The summed E-state index contributed by atoms with van der Waals surface area (Å²) in [4.78, 5) is 4.21. The molecule has 2 aromatic rings. The molecule has 22 heavy (non-hydrogen) atoms. The zero-order valence-corrected chi connectivity index (χ0v) is 16.1.